The Bertz CT molecular complexity index is 7510. The van der Waals surface area contributed by atoms with E-state index in [0.29, 0.717) is 177 Å². The zero-order chi connectivity index (χ0) is 101. The molecule has 1 aliphatic heterocycles. The van der Waals surface area contributed by atoms with Gasteiger partial charge in [-0.1, -0.05) is 146 Å². The number of carbonyl (C=O) groups excluding carboxylic acids is 4. The Balaban J connectivity index is 0.000000171. The summed E-state index contributed by atoms with van der Waals surface area (Å²) in [7, 11) is 7.73. The molecular weight excluding hydrogens is 2150 g/mol. The topological polar surface area (TPSA) is 403 Å². The van der Waals surface area contributed by atoms with Crippen molar-refractivity contribution in [2.45, 2.75) is 145 Å². The van der Waals surface area contributed by atoms with Crippen LogP contribution in [0.25, 0.3) is 104 Å². The van der Waals surface area contributed by atoms with Gasteiger partial charge in [0.05, 0.1) is 155 Å². The number of methoxy groups -OCH3 is 5. The van der Waals surface area contributed by atoms with Crippen molar-refractivity contribution in [3.8, 4) is 49.9 Å². The van der Waals surface area contributed by atoms with E-state index in [1.54, 1.807) is 152 Å². The van der Waals surface area contributed by atoms with E-state index in [-0.39, 0.29) is 64.6 Å². The molecule has 1 atom stereocenters. The second-order valence-electron chi connectivity index (χ2n) is 31.9. The van der Waals surface area contributed by atoms with Gasteiger partial charge in [0.2, 0.25) is 11.2 Å². The first kappa shape index (κ1) is 112. The molecule has 0 radical (unpaired) electrons. The fraction of sp³-hybridized carbons (Fsp3) is 0.302. The first-order chi connectivity index (χ1) is 66.1. The number of nitrogens with one attached hydrogen (secondary N) is 1. The van der Waals surface area contributed by atoms with E-state index in [9.17, 15) is 28.5 Å². The van der Waals surface area contributed by atoms with E-state index < -0.39 is 20.0 Å². The number of H-pyrrole nitrogens is 1. The van der Waals surface area contributed by atoms with Gasteiger partial charge in [-0.25, -0.2) is 29.9 Å². The number of rotatable bonds is 18. The third-order valence-corrected chi connectivity index (χ3v) is 29.3. The number of hydrogen-bond acceptors (Lipinski definition) is 32. The fourth-order valence-corrected chi connectivity index (χ4v) is 20.1. The van der Waals surface area contributed by atoms with Crippen LogP contribution in [0.15, 0.2) is 137 Å². The number of aromatic nitrogens is 7. The average molecular weight is 2240 g/mol. The van der Waals surface area contributed by atoms with Gasteiger partial charge < -0.3 is 67.0 Å². The Morgan fingerprint density at radius 1 is 0.514 bits per heavy atom. The zero-order valence-corrected chi connectivity index (χ0v) is 90.1. The molecule has 1 fully saturated rings. The van der Waals surface area contributed by atoms with Gasteiger partial charge in [0.25, 0.3) is 0 Å². The van der Waals surface area contributed by atoms with Crippen LogP contribution in [-0.4, -0.2) is 107 Å². The maximum atomic E-state index is 12.7. The number of allylic oxidation sites excluding steroid dienone is 1. The second-order valence-corrected chi connectivity index (χ2v) is 46.4. The zero-order valence-electron chi connectivity index (χ0n) is 77.1. The number of aldehydes is 1. The molecule has 13 heterocycles. The van der Waals surface area contributed by atoms with E-state index in [4.69, 9.17) is 144 Å². The summed E-state index contributed by atoms with van der Waals surface area (Å²) in [6, 6.07) is 20.6. The van der Waals surface area contributed by atoms with E-state index in [1.807, 2.05) is 18.5 Å². The number of nitrogen functional groups attached to an aromatic ring is 2. The van der Waals surface area contributed by atoms with Crippen LogP contribution in [-0.2, 0) is 38.2 Å². The van der Waals surface area contributed by atoms with Crippen molar-refractivity contribution >= 4 is 283 Å². The normalized spacial score (nSPS) is 12.7. The number of anilines is 2. The first-order valence-corrected chi connectivity index (χ1v) is 54.0. The summed E-state index contributed by atoms with van der Waals surface area (Å²) < 4.78 is 85.7. The fourth-order valence-electron chi connectivity index (χ4n) is 13.9. The van der Waals surface area contributed by atoms with Gasteiger partial charge in [0, 0.05) is 120 Å². The van der Waals surface area contributed by atoms with Crippen LogP contribution >= 0.6 is 165 Å². The van der Waals surface area contributed by atoms with Crippen molar-refractivity contribution in [3.63, 3.8) is 0 Å². The molecule has 5 N–H and O–H groups in total. The number of ketones is 3. The number of hydrogen-bond donors (Lipinski definition) is 3. The summed E-state index contributed by atoms with van der Waals surface area (Å²) in [6.07, 6.45) is 16.6. The molecule has 19 rings (SSSR count). The van der Waals surface area contributed by atoms with Crippen molar-refractivity contribution in [1.82, 2.24) is 34.9 Å². The van der Waals surface area contributed by atoms with Crippen molar-refractivity contribution in [3.05, 3.63) is 213 Å². The minimum absolute atomic E-state index is 0. The molecule has 44 heteroatoms. The molecule has 0 amide bonds. The molecule has 743 valence electrons. The third-order valence-electron chi connectivity index (χ3n) is 20.6. The predicted molar refractivity (Wildman–Crippen MR) is 563 cm³/mol. The Labute approximate surface area is 874 Å². The number of aromatic amines is 1. The van der Waals surface area contributed by atoms with Crippen LogP contribution in [0.3, 0.4) is 0 Å². The molecule has 12 aromatic heterocycles. The number of carbonyl (C=O) groups is 4. The van der Waals surface area contributed by atoms with Crippen molar-refractivity contribution in [1.29, 1.82) is 0 Å². The standard InChI is InChI=1S/C19H18ClNO3S.C18H14Cl2N2O2S.C18H15ClN2O3S.C18H17ClN2O3S.C11H10ClNO3.C7H9NOS.C4H8O.CH4.Cl3OP.Mn.2O/c1-9(2)19-21-8-15(25-19)10-6-11-16-13(24-18(11)12(22)7-10)4-5-14(23-3)17(16)20;1-8(2)18-21-7-13(25-18)10-6-9(19)17-16(22-10)14-11(24-17)4-5-12(23-3)15(14)20;1-8(2)18-20-7-13(25-18)9-6-10(22)17-16(21-9)14-11(24-17)4-5-12(23-3)15(14)19;1-9(2)18-21-8-10(25-18)4-5-11(22)17-16(20)14-12(24-17)6-7-13(23-3)15(14)19;1-5(14)11-10(13)8-6(16-11)3-4-7(15-2)9(8)12;1-5(2)7-8-3-6(4-9)10-7;1-2-4-5-3-1;;1-5(2,3)4;;;/h4-5,8-10H,6-7H2,1-3H3;4-8H,1-3H3;4-8H,1-3H3,(H,21,22);4-9H,20H2,1-3H3;3-4H,13H2,1-2H3;3-5H,1-2H3;1-4H2;1H4;;;;/b;;;5-4+;;;;;;;;. The Morgan fingerprint density at radius 3 is 1.36 bits per heavy atom. The number of halogens is 9. The summed E-state index contributed by atoms with van der Waals surface area (Å²) in [5.74, 6) is 4.75. The Hall–Kier alpha value is -9.49. The molecule has 0 saturated carbocycles. The molecule has 28 nitrogen and oxygen atoms in total. The number of fused-ring (bicyclic) bond motifs is 11. The molecule has 2 aliphatic rings. The van der Waals surface area contributed by atoms with Crippen molar-refractivity contribution < 1.29 is 96.7 Å². The van der Waals surface area contributed by atoms with Crippen molar-refractivity contribution in [2.75, 3.05) is 60.2 Å². The number of pyridine rings is 2. The SMILES string of the molecule is C.C1CCOC1.CC(C)c1ncc(C=O)s1.COc1ccc2oc(C(=O)/C=C/c3cnc(C(C)C)s3)c(N)c2c1Cl.COc1ccc2oc(C(C)=O)c(N)c2c1Cl.COc1ccc2oc3c(=O)cc(-c4cnc(C(C)C)s4)[nH]c3c2c1Cl.COc1ccc2oc3c(Cl)cc(-c4cnc(C(C)C)s4)nc3c2c1Cl.COc1ccc2oc3c(c2c1Cl)CC(c1cnc(C(C)C)s1)CC3=O.O=P(Cl)(Cl)Cl.[O]=[Mn]=[O]. The average Bonchev–Trinajstić information content (AvgIpc) is 1.62. The van der Waals surface area contributed by atoms with Gasteiger partial charge in [-0.15, -0.1) is 56.7 Å². The van der Waals surface area contributed by atoms with E-state index in [0.717, 1.165) is 87.1 Å². The van der Waals surface area contributed by atoms with Gasteiger partial charge in [-0.3, -0.25) is 28.5 Å². The number of benzene rings is 5. The molecule has 1 saturated heterocycles. The molecule has 5 aromatic carbocycles. The third kappa shape index (κ3) is 26.9. The molecule has 0 spiro atoms. The molecule has 140 heavy (non-hydrogen) atoms. The summed E-state index contributed by atoms with van der Waals surface area (Å²) in [5, 5.41) is 7.71. The van der Waals surface area contributed by atoms with Gasteiger partial charge in [-0.05, 0) is 132 Å². The number of nitrogens with zero attached hydrogens (tertiary/aromatic N) is 6. The number of thiazole rings is 5. The number of furan rings is 5. The first-order valence-electron chi connectivity index (χ1n) is 42.2. The quantitative estimate of drug-likeness (QED) is 0.0236. The molecule has 1 aliphatic carbocycles. The minimum atomic E-state index is -3.22. The van der Waals surface area contributed by atoms with Gasteiger partial charge in [0.1, 0.15) is 62.2 Å². The van der Waals surface area contributed by atoms with Crippen LogP contribution in [0.4, 0.5) is 11.4 Å². The molecule has 17 aromatic rings. The molecule has 0 bridgehead atoms. The van der Waals surface area contributed by atoms with Crippen LogP contribution in [0.5, 0.6) is 28.7 Å². The Kier molecular flexibility index (Phi) is 40.7. The van der Waals surface area contributed by atoms with Gasteiger partial charge >= 0.3 is 27.7 Å². The van der Waals surface area contributed by atoms with Crippen LogP contribution in [0, 0.1) is 0 Å². The second kappa shape index (κ2) is 50.6. The predicted octanol–water partition coefficient (Wildman–Crippen LogP) is 31.4. The van der Waals surface area contributed by atoms with Crippen LogP contribution in [0.1, 0.15) is 220 Å². The van der Waals surface area contributed by atoms with E-state index >= 15 is 0 Å². The van der Waals surface area contributed by atoms with E-state index in [2.05, 4.69) is 133 Å². The number of nitrogens with two attached hydrogens (primary N) is 2. The summed E-state index contributed by atoms with van der Waals surface area (Å²) in [5.41, 5.74) is 19.2. The van der Waals surface area contributed by atoms with Gasteiger partial charge in [-0.2, -0.15) is 0 Å². The van der Waals surface area contributed by atoms with Crippen molar-refractivity contribution in [2.24, 2.45) is 0 Å². The van der Waals surface area contributed by atoms with Gasteiger partial charge in [0.15, 0.2) is 46.3 Å². The van der Waals surface area contributed by atoms with Crippen LogP contribution < -0.4 is 40.6 Å². The number of Topliss-reactive ketones (excluding diaryl/α,β-unsaturated/α-hetero) is 2. The van der Waals surface area contributed by atoms with Crippen LogP contribution in [0.2, 0.25) is 30.1 Å². The molecular formula is C96H95Cl9MnN9O19PS5. The summed E-state index contributed by atoms with van der Waals surface area (Å²) in [6.45, 7) is 24.3. The summed E-state index contributed by atoms with van der Waals surface area (Å²) in [4.78, 5) is 93.6. The maximum absolute atomic E-state index is 12.7. The van der Waals surface area contributed by atoms with E-state index in [1.165, 1.54) is 57.5 Å². The number of ether oxygens (including phenoxy) is 6. The molecule has 1 unspecified atom stereocenters. The Morgan fingerprint density at radius 2 is 0.914 bits per heavy atom. The monoisotopic (exact) mass is 2240 g/mol. The summed E-state index contributed by atoms with van der Waals surface area (Å²) >= 11 is 58.5.